The fourth-order valence-electron chi connectivity index (χ4n) is 2.66. The van der Waals surface area contributed by atoms with Gasteiger partial charge in [0, 0.05) is 6.54 Å². The number of halogens is 3. The van der Waals surface area contributed by atoms with Gasteiger partial charge in [-0.2, -0.15) is 13.2 Å². The van der Waals surface area contributed by atoms with Gasteiger partial charge in [0.05, 0.1) is 35.5 Å². The highest BCUT2D eigenvalue weighted by atomic mass is 32.2. The zero-order valence-corrected chi connectivity index (χ0v) is 18.0. The Morgan fingerprint density at radius 1 is 1.23 bits per heavy atom. The Bertz CT molecular complexity index is 900. The van der Waals surface area contributed by atoms with Gasteiger partial charge in [0.2, 0.25) is 11.8 Å². The number of benzene rings is 1. The maximum Gasteiger partial charge on any atom is 0.418 e. The Labute approximate surface area is 182 Å². The minimum atomic E-state index is -4.59. The van der Waals surface area contributed by atoms with E-state index in [2.05, 4.69) is 15.6 Å². The summed E-state index contributed by atoms with van der Waals surface area (Å²) in [6.45, 7) is 4.16. The number of hydrogen-bond acceptors (Lipinski definition) is 5. The highest BCUT2D eigenvalue weighted by molar-refractivity contribution is 7.99. The molecule has 0 saturated carbocycles. The standard InChI is InChI=1S/C20H25F3N4O3S/c1-13(2)7-8-24-17(29)10-27-14(11-28)9-25-19(27)31-12-18(30)26-16-6-4-3-5-15(16)20(21,22)23/h3-6,9,13,28H,7-8,10-12H2,1-2H3,(H,24,29)(H,26,30). The van der Waals surface area contributed by atoms with E-state index in [0.29, 0.717) is 23.3 Å². The van der Waals surface area contributed by atoms with Gasteiger partial charge in [-0.05, 0) is 24.5 Å². The van der Waals surface area contributed by atoms with Crippen LogP contribution >= 0.6 is 11.8 Å². The van der Waals surface area contributed by atoms with E-state index in [1.165, 1.54) is 29.0 Å². The summed E-state index contributed by atoms with van der Waals surface area (Å²) in [6, 6.07) is 4.71. The molecule has 1 heterocycles. The van der Waals surface area contributed by atoms with E-state index >= 15 is 0 Å². The molecule has 0 aliphatic rings. The van der Waals surface area contributed by atoms with Crippen molar-refractivity contribution in [3.05, 3.63) is 41.7 Å². The molecule has 0 aliphatic carbocycles. The molecule has 0 radical (unpaired) electrons. The first-order valence-electron chi connectivity index (χ1n) is 9.62. The Hall–Kier alpha value is -2.53. The summed E-state index contributed by atoms with van der Waals surface area (Å²) in [4.78, 5) is 28.5. The second kappa shape index (κ2) is 11.2. The molecule has 0 fully saturated rings. The molecule has 7 nitrogen and oxygen atoms in total. The molecule has 0 bridgehead atoms. The van der Waals surface area contributed by atoms with E-state index in [9.17, 15) is 27.9 Å². The average molecular weight is 459 g/mol. The van der Waals surface area contributed by atoms with Gasteiger partial charge in [-0.3, -0.25) is 9.59 Å². The zero-order chi connectivity index (χ0) is 23.0. The number of hydrogen-bond donors (Lipinski definition) is 3. The highest BCUT2D eigenvalue weighted by Crippen LogP contribution is 2.34. The molecule has 31 heavy (non-hydrogen) atoms. The van der Waals surface area contributed by atoms with Crippen LogP contribution in [0.1, 0.15) is 31.5 Å². The number of anilines is 1. The number of carbonyl (C=O) groups is 2. The molecule has 1 aromatic carbocycles. The molecular formula is C20H25F3N4O3S. The molecule has 11 heteroatoms. The number of alkyl halides is 3. The number of carbonyl (C=O) groups excluding carboxylic acids is 2. The monoisotopic (exact) mass is 458 g/mol. The van der Waals surface area contributed by atoms with Crippen LogP contribution in [-0.2, 0) is 28.9 Å². The first-order chi connectivity index (χ1) is 14.6. The number of aromatic nitrogens is 2. The van der Waals surface area contributed by atoms with Gasteiger partial charge < -0.3 is 20.3 Å². The Kier molecular flexibility index (Phi) is 8.93. The van der Waals surface area contributed by atoms with Gasteiger partial charge in [0.25, 0.3) is 0 Å². The predicted octanol–water partition coefficient (Wildman–Crippen LogP) is 3.29. The fourth-order valence-corrected chi connectivity index (χ4v) is 3.46. The number of imidazole rings is 1. The SMILES string of the molecule is CC(C)CCNC(=O)Cn1c(CO)cnc1SCC(=O)Nc1ccccc1C(F)(F)F. The quantitative estimate of drug-likeness (QED) is 0.475. The van der Waals surface area contributed by atoms with E-state index in [1.807, 2.05) is 13.8 Å². The Morgan fingerprint density at radius 3 is 2.58 bits per heavy atom. The number of nitrogens with zero attached hydrogens (tertiary/aromatic N) is 2. The average Bonchev–Trinajstić information content (AvgIpc) is 3.07. The van der Waals surface area contributed by atoms with Crippen molar-refractivity contribution in [1.29, 1.82) is 0 Å². The van der Waals surface area contributed by atoms with Crippen LogP contribution in [0.3, 0.4) is 0 Å². The lowest BCUT2D eigenvalue weighted by Crippen LogP contribution is -2.30. The lowest BCUT2D eigenvalue weighted by Gasteiger charge is -2.14. The van der Waals surface area contributed by atoms with Crippen LogP contribution in [0.25, 0.3) is 0 Å². The number of thioether (sulfide) groups is 1. The Morgan fingerprint density at radius 2 is 1.94 bits per heavy atom. The summed E-state index contributed by atoms with van der Waals surface area (Å²) in [5.41, 5.74) is -0.871. The van der Waals surface area contributed by atoms with Crippen LogP contribution in [0, 0.1) is 5.92 Å². The van der Waals surface area contributed by atoms with Gasteiger partial charge in [0.1, 0.15) is 6.54 Å². The van der Waals surface area contributed by atoms with Crippen LogP contribution < -0.4 is 10.6 Å². The van der Waals surface area contributed by atoms with Gasteiger partial charge in [0.15, 0.2) is 5.16 Å². The molecule has 3 N–H and O–H groups in total. The topological polar surface area (TPSA) is 96.2 Å². The van der Waals surface area contributed by atoms with E-state index < -0.39 is 17.6 Å². The molecule has 0 saturated heterocycles. The molecule has 2 rings (SSSR count). The second-order valence-corrected chi connectivity index (χ2v) is 8.13. The number of rotatable bonds is 10. The van der Waals surface area contributed by atoms with Crippen molar-refractivity contribution in [2.45, 2.75) is 44.8 Å². The fraction of sp³-hybridized carbons (Fsp3) is 0.450. The maximum absolute atomic E-state index is 13.1. The summed E-state index contributed by atoms with van der Waals surface area (Å²) >= 11 is 0.962. The van der Waals surface area contributed by atoms with Crippen LogP contribution in [0.2, 0.25) is 0 Å². The van der Waals surface area contributed by atoms with E-state index in [-0.39, 0.29) is 30.5 Å². The molecular weight excluding hydrogens is 433 g/mol. The van der Waals surface area contributed by atoms with Crippen molar-refractivity contribution in [3.63, 3.8) is 0 Å². The minimum Gasteiger partial charge on any atom is -0.390 e. The maximum atomic E-state index is 13.1. The summed E-state index contributed by atoms with van der Waals surface area (Å²) < 4.78 is 40.7. The van der Waals surface area contributed by atoms with Gasteiger partial charge >= 0.3 is 6.18 Å². The summed E-state index contributed by atoms with van der Waals surface area (Å²) in [5, 5.41) is 14.8. The Balaban J connectivity index is 2.00. The molecule has 2 aromatic rings. The molecule has 1 aromatic heterocycles. The molecule has 0 unspecified atom stereocenters. The second-order valence-electron chi connectivity index (χ2n) is 7.19. The van der Waals surface area contributed by atoms with Crippen molar-refractivity contribution in [1.82, 2.24) is 14.9 Å². The summed E-state index contributed by atoms with van der Waals surface area (Å²) in [5.74, 6) is -0.696. The van der Waals surface area contributed by atoms with E-state index in [1.54, 1.807) is 0 Å². The largest absolute Gasteiger partial charge is 0.418 e. The molecule has 0 aliphatic heterocycles. The zero-order valence-electron chi connectivity index (χ0n) is 17.2. The van der Waals surface area contributed by atoms with Crippen molar-refractivity contribution in [2.24, 2.45) is 5.92 Å². The third-order valence-corrected chi connectivity index (χ3v) is 5.24. The molecule has 2 amide bonds. The van der Waals surface area contributed by atoms with Crippen molar-refractivity contribution in [3.8, 4) is 0 Å². The normalized spacial score (nSPS) is 11.6. The number of para-hydroxylation sites is 1. The predicted molar refractivity (Wildman–Crippen MR) is 111 cm³/mol. The van der Waals surface area contributed by atoms with E-state index in [0.717, 1.165) is 24.2 Å². The van der Waals surface area contributed by atoms with Gasteiger partial charge in [-0.25, -0.2) is 4.98 Å². The molecule has 0 spiro atoms. The van der Waals surface area contributed by atoms with Crippen molar-refractivity contribution in [2.75, 3.05) is 17.6 Å². The third kappa shape index (κ3) is 7.59. The van der Waals surface area contributed by atoms with Crippen LogP contribution in [0.15, 0.2) is 35.6 Å². The molecule has 170 valence electrons. The summed E-state index contributed by atoms with van der Waals surface area (Å²) in [7, 11) is 0. The highest BCUT2D eigenvalue weighted by Gasteiger charge is 2.33. The van der Waals surface area contributed by atoms with Crippen LogP contribution in [0.4, 0.5) is 18.9 Å². The van der Waals surface area contributed by atoms with Crippen LogP contribution in [-0.4, -0.2) is 38.8 Å². The van der Waals surface area contributed by atoms with Crippen LogP contribution in [0.5, 0.6) is 0 Å². The lowest BCUT2D eigenvalue weighted by molar-refractivity contribution is -0.137. The smallest absolute Gasteiger partial charge is 0.390 e. The third-order valence-electron chi connectivity index (χ3n) is 4.25. The minimum absolute atomic E-state index is 0.0884. The van der Waals surface area contributed by atoms with E-state index in [4.69, 9.17) is 0 Å². The lowest BCUT2D eigenvalue weighted by atomic mass is 10.1. The number of aliphatic hydroxyl groups excluding tert-OH is 1. The molecule has 0 atom stereocenters. The number of aliphatic hydroxyl groups is 1. The van der Waals surface area contributed by atoms with Gasteiger partial charge in [-0.15, -0.1) is 0 Å². The first kappa shape index (κ1) is 24.7. The summed E-state index contributed by atoms with van der Waals surface area (Å²) in [6.07, 6.45) is -2.38. The number of nitrogens with one attached hydrogen (secondary N) is 2. The first-order valence-corrected chi connectivity index (χ1v) is 10.6. The number of amides is 2. The van der Waals surface area contributed by atoms with Crippen molar-refractivity contribution >= 4 is 29.3 Å². The van der Waals surface area contributed by atoms with Crippen molar-refractivity contribution < 1.29 is 27.9 Å². The van der Waals surface area contributed by atoms with Gasteiger partial charge in [-0.1, -0.05) is 37.7 Å².